The fraction of sp³-hybridized carbons (Fsp3) is 0.467. The number of ether oxygens (including phenoxy) is 2. The average Bonchev–Trinajstić information content (AvgIpc) is 2.44. The number of carbonyl (C=O) groups excluding carboxylic acids is 1. The predicted octanol–water partition coefficient (Wildman–Crippen LogP) is 2.89. The van der Waals surface area contributed by atoms with Gasteiger partial charge in [-0.25, -0.2) is 0 Å². The van der Waals surface area contributed by atoms with Crippen LogP contribution < -0.4 is 4.74 Å². The number of hydrogen-bond acceptors (Lipinski definition) is 4. The smallest absolute Gasteiger partial charge is 0.317 e. The number of unbranched alkanes of at least 4 members (excludes halogenated alkanes) is 1. The molecule has 0 bridgehead atoms. The maximum Gasteiger partial charge on any atom is 0.317 e. The maximum atomic E-state index is 10.8. The van der Waals surface area contributed by atoms with Crippen molar-refractivity contribution in [2.24, 2.45) is 0 Å². The van der Waals surface area contributed by atoms with Gasteiger partial charge in [0.2, 0.25) is 0 Å². The molecule has 0 amide bonds. The second-order valence-corrected chi connectivity index (χ2v) is 3.95. The monoisotopic (exact) mass is 282 g/mol. The molecule has 0 spiro atoms. The molecule has 1 aromatic carbocycles. The van der Waals surface area contributed by atoms with Crippen LogP contribution >= 0.6 is 0 Å². The summed E-state index contributed by atoms with van der Waals surface area (Å²) in [5.74, 6) is -1.28. The second-order valence-electron chi connectivity index (χ2n) is 3.95. The summed E-state index contributed by atoms with van der Waals surface area (Å²) in [6.07, 6.45) is 2.02. The van der Waals surface area contributed by atoms with Gasteiger partial charge in [0, 0.05) is 0 Å². The molecule has 0 atom stereocenters. The average molecular weight is 282 g/mol. The molecular formula is C15H22O5. The Labute approximate surface area is 119 Å². The molecule has 0 saturated carbocycles. The lowest BCUT2D eigenvalue weighted by Gasteiger charge is -2.06. The third-order valence-electron chi connectivity index (χ3n) is 2.15. The number of aliphatic carboxylic acids is 1. The van der Waals surface area contributed by atoms with Crippen LogP contribution in [0.4, 0.5) is 0 Å². The number of carbonyl (C=O) groups is 2. The van der Waals surface area contributed by atoms with Crippen molar-refractivity contribution in [3.05, 3.63) is 30.3 Å². The molecular weight excluding hydrogens is 260 g/mol. The largest absolute Gasteiger partial charge is 0.490 e. The van der Waals surface area contributed by atoms with Crippen molar-refractivity contribution in [3.8, 4) is 5.75 Å². The zero-order valence-corrected chi connectivity index (χ0v) is 12.0. The molecule has 0 aliphatic heterocycles. The number of para-hydroxylation sites is 1. The minimum Gasteiger partial charge on any atom is -0.490 e. The Morgan fingerprint density at radius 3 is 2.15 bits per heavy atom. The number of esters is 1. The fourth-order valence-corrected chi connectivity index (χ4v) is 1.01. The van der Waals surface area contributed by atoms with E-state index in [4.69, 9.17) is 9.84 Å². The van der Waals surface area contributed by atoms with Crippen molar-refractivity contribution < 1.29 is 24.2 Å². The Kier molecular flexibility index (Phi) is 10.8. The molecule has 0 heterocycles. The summed E-state index contributed by atoms with van der Waals surface area (Å²) in [7, 11) is 0. The van der Waals surface area contributed by atoms with Crippen LogP contribution in [0.1, 0.15) is 33.1 Å². The van der Waals surface area contributed by atoms with Crippen LogP contribution in [0.5, 0.6) is 5.75 Å². The van der Waals surface area contributed by atoms with Crippen LogP contribution in [0.2, 0.25) is 0 Å². The molecule has 112 valence electrons. The molecule has 0 radical (unpaired) electrons. The summed E-state index contributed by atoms with van der Waals surface area (Å²) >= 11 is 0. The van der Waals surface area contributed by atoms with Gasteiger partial charge in [0.15, 0.2) is 0 Å². The minimum atomic E-state index is -1.20. The highest BCUT2D eigenvalue weighted by atomic mass is 16.6. The quantitative estimate of drug-likeness (QED) is 0.473. The van der Waals surface area contributed by atoms with Crippen LogP contribution in [0.25, 0.3) is 0 Å². The summed E-state index contributed by atoms with van der Waals surface area (Å²) in [6, 6.07) is 9.06. The molecule has 0 aromatic heterocycles. The second kappa shape index (κ2) is 12.0. The van der Waals surface area contributed by atoms with Crippen molar-refractivity contribution in [1.82, 2.24) is 0 Å². The molecule has 0 fully saturated rings. The van der Waals surface area contributed by atoms with E-state index < -0.39 is 18.4 Å². The Balaban J connectivity index is 0.000000796. The van der Waals surface area contributed by atoms with Gasteiger partial charge in [-0.05, 0) is 12.1 Å². The van der Waals surface area contributed by atoms with Gasteiger partial charge in [-0.1, -0.05) is 44.9 Å². The Hall–Kier alpha value is -2.04. The van der Waals surface area contributed by atoms with E-state index in [9.17, 15) is 9.59 Å². The summed E-state index contributed by atoms with van der Waals surface area (Å²) in [4.78, 5) is 20.9. The zero-order valence-electron chi connectivity index (χ0n) is 12.0. The SMILES string of the molecule is CCCC.O=C(O)CC(=O)OCCOc1ccccc1. The molecule has 0 saturated heterocycles. The van der Waals surface area contributed by atoms with E-state index in [0.717, 1.165) is 0 Å². The lowest BCUT2D eigenvalue weighted by molar-refractivity contribution is -0.151. The first kappa shape index (κ1) is 18.0. The van der Waals surface area contributed by atoms with Crippen molar-refractivity contribution in [3.63, 3.8) is 0 Å². The van der Waals surface area contributed by atoms with Crippen molar-refractivity contribution >= 4 is 11.9 Å². The van der Waals surface area contributed by atoms with E-state index in [1.807, 2.05) is 18.2 Å². The van der Waals surface area contributed by atoms with Crippen LogP contribution in [-0.4, -0.2) is 30.3 Å². The van der Waals surface area contributed by atoms with Crippen LogP contribution in [-0.2, 0) is 14.3 Å². The van der Waals surface area contributed by atoms with E-state index in [-0.39, 0.29) is 13.2 Å². The van der Waals surface area contributed by atoms with Crippen molar-refractivity contribution in [1.29, 1.82) is 0 Å². The predicted molar refractivity (Wildman–Crippen MR) is 75.7 cm³/mol. The van der Waals surface area contributed by atoms with Crippen LogP contribution in [0.3, 0.4) is 0 Å². The molecule has 0 unspecified atom stereocenters. The topological polar surface area (TPSA) is 72.8 Å². The summed E-state index contributed by atoms with van der Waals surface area (Å²) < 4.78 is 9.87. The van der Waals surface area contributed by atoms with Gasteiger partial charge < -0.3 is 14.6 Å². The normalized spacial score (nSPS) is 9.10. The summed E-state index contributed by atoms with van der Waals surface area (Å²) in [6.45, 7) is 4.61. The van der Waals surface area contributed by atoms with E-state index in [2.05, 4.69) is 18.6 Å². The first-order valence-electron chi connectivity index (χ1n) is 6.65. The first-order valence-corrected chi connectivity index (χ1v) is 6.65. The lowest BCUT2D eigenvalue weighted by atomic mass is 10.3. The third kappa shape index (κ3) is 11.1. The van der Waals surface area contributed by atoms with E-state index in [1.165, 1.54) is 12.8 Å². The summed E-state index contributed by atoms with van der Waals surface area (Å²) in [5, 5.41) is 8.29. The van der Waals surface area contributed by atoms with E-state index in [0.29, 0.717) is 5.75 Å². The first-order chi connectivity index (χ1) is 9.60. The van der Waals surface area contributed by atoms with E-state index in [1.54, 1.807) is 12.1 Å². The Bertz CT molecular complexity index is 373. The maximum absolute atomic E-state index is 10.8. The Morgan fingerprint density at radius 2 is 1.65 bits per heavy atom. The molecule has 5 heteroatoms. The van der Waals surface area contributed by atoms with Crippen LogP contribution in [0.15, 0.2) is 30.3 Å². The van der Waals surface area contributed by atoms with Gasteiger partial charge in [-0.3, -0.25) is 9.59 Å². The van der Waals surface area contributed by atoms with Crippen molar-refractivity contribution in [2.75, 3.05) is 13.2 Å². The number of rotatable bonds is 7. The number of carboxylic acids is 1. The van der Waals surface area contributed by atoms with Crippen molar-refractivity contribution in [2.45, 2.75) is 33.1 Å². The number of benzene rings is 1. The molecule has 1 N–H and O–H groups in total. The highest BCUT2D eigenvalue weighted by molar-refractivity contribution is 5.90. The van der Waals surface area contributed by atoms with Gasteiger partial charge in [0.25, 0.3) is 0 Å². The lowest BCUT2D eigenvalue weighted by Crippen LogP contribution is -2.15. The van der Waals surface area contributed by atoms with Gasteiger partial charge in [-0.15, -0.1) is 0 Å². The number of carboxylic acid groups (broad SMARTS) is 1. The molecule has 20 heavy (non-hydrogen) atoms. The van der Waals surface area contributed by atoms with E-state index >= 15 is 0 Å². The minimum absolute atomic E-state index is 0.0427. The van der Waals surface area contributed by atoms with Crippen LogP contribution in [0, 0.1) is 0 Å². The molecule has 5 nitrogen and oxygen atoms in total. The Morgan fingerprint density at radius 1 is 1.05 bits per heavy atom. The molecule has 1 aromatic rings. The third-order valence-corrected chi connectivity index (χ3v) is 2.15. The standard InChI is InChI=1S/C11H12O5.C4H10/c12-10(13)8-11(14)16-7-6-15-9-4-2-1-3-5-9;1-3-4-2/h1-5H,6-8H2,(H,12,13);3-4H2,1-2H3. The van der Waals surface area contributed by atoms with Gasteiger partial charge in [0.05, 0.1) is 0 Å². The highest BCUT2D eigenvalue weighted by Gasteiger charge is 2.08. The zero-order chi connectivity index (χ0) is 15.2. The summed E-state index contributed by atoms with van der Waals surface area (Å²) in [5.41, 5.74) is 0. The van der Waals surface area contributed by atoms with Gasteiger partial charge in [0.1, 0.15) is 25.4 Å². The fourth-order valence-electron chi connectivity index (χ4n) is 1.01. The number of hydrogen-bond donors (Lipinski definition) is 1. The van der Waals surface area contributed by atoms with Gasteiger partial charge >= 0.3 is 11.9 Å². The highest BCUT2D eigenvalue weighted by Crippen LogP contribution is 2.07. The molecule has 1 rings (SSSR count). The molecule has 0 aliphatic carbocycles. The van der Waals surface area contributed by atoms with Gasteiger partial charge in [-0.2, -0.15) is 0 Å². The molecule has 0 aliphatic rings.